The summed E-state index contributed by atoms with van der Waals surface area (Å²) in [6, 6.07) is 4.79. The monoisotopic (exact) mass is 248 g/mol. The predicted octanol–water partition coefficient (Wildman–Crippen LogP) is 1.89. The Morgan fingerprint density at radius 2 is 2.06 bits per heavy atom. The van der Waals surface area contributed by atoms with Crippen molar-refractivity contribution in [2.24, 2.45) is 0 Å². The second-order valence-corrected chi connectivity index (χ2v) is 5.07. The predicted molar refractivity (Wildman–Crippen MR) is 68.6 cm³/mol. The first kappa shape index (κ1) is 11.9. The van der Waals surface area contributed by atoms with E-state index in [0.29, 0.717) is 0 Å². The fourth-order valence-corrected chi connectivity index (χ4v) is 2.11. The lowest BCUT2D eigenvalue weighted by Gasteiger charge is -2.23. The molecule has 0 aromatic carbocycles. The fourth-order valence-electron chi connectivity index (χ4n) is 2.11. The SMILES string of the molecule is c1cc(CNC2CC2)ncc1OC1CCOCC1. The molecule has 2 aliphatic rings. The minimum Gasteiger partial charge on any atom is -0.489 e. The standard InChI is InChI=1S/C14H20N2O2/c1-2-11(1)15-9-12-3-4-14(10-16-12)18-13-5-7-17-8-6-13/h3-4,10-11,13,15H,1-2,5-9H2. The zero-order valence-electron chi connectivity index (χ0n) is 10.6. The molecule has 1 N–H and O–H groups in total. The van der Waals surface area contributed by atoms with Gasteiger partial charge in [0.25, 0.3) is 0 Å². The lowest BCUT2D eigenvalue weighted by atomic mass is 10.1. The van der Waals surface area contributed by atoms with Crippen LogP contribution < -0.4 is 10.1 Å². The third-order valence-electron chi connectivity index (χ3n) is 3.42. The van der Waals surface area contributed by atoms with E-state index in [1.165, 1.54) is 12.8 Å². The number of nitrogens with one attached hydrogen (secondary N) is 1. The van der Waals surface area contributed by atoms with Crippen LogP contribution >= 0.6 is 0 Å². The van der Waals surface area contributed by atoms with Crippen molar-refractivity contribution in [1.82, 2.24) is 10.3 Å². The molecule has 98 valence electrons. The number of nitrogens with zero attached hydrogens (tertiary/aromatic N) is 1. The van der Waals surface area contributed by atoms with E-state index in [0.717, 1.165) is 50.1 Å². The first-order chi connectivity index (χ1) is 8.90. The lowest BCUT2D eigenvalue weighted by Crippen LogP contribution is -2.25. The van der Waals surface area contributed by atoms with E-state index >= 15 is 0 Å². The maximum Gasteiger partial charge on any atom is 0.138 e. The van der Waals surface area contributed by atoms with Crippen molar-refractivity contribution in [3.8, 4) is 5.75 Å². The highest BCUT2D eigenvalue weighted by atomic mass is 16.5. The maximum atomic E-state index is 5.89. The number of ether oxygens (including phenoxy) is 2. The van der Waals surface area contributed by atoms with Gasteiger partial charge in [0, 0.05) is 25.4 Å². The van der Waals surface area contributed by atoms with E-state index in [2.05, 4.69) is 10.3 Å². The number of pyridine rings is 1. The average Bonchev–Trinajstić information content (AvgIpc) is 3.23. The quantitative estimate of drug-likeness (QED) is 0.864. The molecule has 18 heavy (non-hydrogen) atoms. The Balaban J connectivity index is 1.49. The van der Waals surface area contributed by atoms with Crippen molar-refractivity contribution in [3.05, 3.63) is 24.0 Å². The van der Waals surface area contributed by atoms with Crippen LogP contribution in [0.2, 0.25) is 0 Å². The van der Waals surface area contributed by atoms with Crippen molar-refractivity contribution in [3.63, 3.8) is 0 Å². The molecule has 0 spiro atoms. The van der Waals surface area contributed by atoms with Gasteiger partial charge in [-0.1, -0.05) is 0 Å². The van der Waals surface area contributed by atoms with Gasteiger partial charge in [0.2, 0.25) is 0 Å². The molecular weight excluding hydrogens is 228 g/mol. The van der Waals surface area contributed by atoms with Crippen LogP contribution in [0.1, 0.15) is 31.4 Å². The van der Waals surface area contributed by atoms with Crippen LogP contribution in [-0.2, 0) is 11.3 Å². The molecule has 2 heterocycles. The topological polar surface area (TPSA) is 43.4 Å². The third-order valence-corrected chi connectivity index (χ3v) is 3.42. The van der Waals surface area contributed by atoms with Gasteiger partial charge in [0.1, 0.15) is 11.9 Å². The van der Waals surface area contributed by atoms with Gasteiger partial charge in [0.05, 0.1) is 25.1 Å². The molecule has 0 bridgehead atoms. The van der Waals surface area contributed by atoms with E-state index in [9.17, 15) is 0 Å². The van der Waals surface area contributed by atoms with E-state index in [4.69, 9.17) is 9.47 Å². The molecule has 1 saturated carbocycles. The largest absolute Gasteiger partial charge is 0.489 e. The van der Waals surface area contributed by atoms with Crippen LogP contribution in [0.5, 0.6) is 5.75 Å². The van der Waals surface area contributed by atoms with Crippen molar-refractivity contribution in [2.45, 2.75) is 44.4 Å². The molecule has 1 aromatic heterocycles. The summed E-state index contributed by atoms with van der Waals surface area (Å²) in [7, 11) is 0. The first-order valence-corrected chi connectivity index (χ1v) is 6.83. The Kier molecular flexibility index (Phi) is 3.76. The molecule has 0 amide bonds. The first-order valence-electron chi connectivity index (χ1n) is 6.83. The van der Waals surface area contributed by atoms with Gasteiger partial charge in [-0.05, 0) is 25.0 Å². The second-order valence-electron chi connectivity index (χ2n) is 5.07. The number of hydrogen-bond donors (Lipinski definition) is 1. The lowest BCUT2D eigenvalue weighted by molar-refractivity contribution is 0.0254. The van der Waals surface area contributed by atoms with Crippen molar-refractivity contribution < 1.29 is 9.47 Å². The summed E-state index contributed by atoms with van der Waals surface area (Å²) < 4.78 is 11.2. The van der Waals surface area contributed by atoms with Crippen LogP contribution in [0.15, 0.2) is 18.3 Å². The highest BCUT2D eigenvalue weighted by Gasteiger charge is 2.20. The highest BCUT2D eigenvalue weighted by Crippen LogP contribution is 2.20. The van der Waals surface area contributed by atoms with E-state index in [1.54, 1.807) is 0 Å². The second kappa shape index (κ2) is 5.67. The summed E-state index contributed by atoms with van der Waals surface area (Å²) in [5, 5.41) is 3.45. The van der Waals surface area contributed by atoms with Gasteiger partial charge >= 0.3 is 0 Å². The van der Waals surface area contributed by atoms with Crippen molar-refractivity contribution >= 4 is 0 Å². The number of hydrogen-bond acceptors (Lipinski definition) is 4. The van der Waals surface area contributed by atoms with E-state index < -0.39 is 0 Å². The van der Waals surface area contributed by atoms with Gasteiger partial charge in [-0.15, -0.1) is 0 Å². The number of aromatic nitrogens is 1. The summed E-state index contributed by atoms with van der Waals surface area (Å²) in [6.07, 6.45) is 6.70. The van der Waals surface area contributed by atoms with E-state index in [-0.39, 0.29) is 6.10 Å². The third kappa shape index (κ3) is 3.43. The van der Waals surface area contributed by atoms with Gasteiger partial charge < -0.3 is 14.8 Å². The van der Waals surface area contributed by atoms with Gasteiger partial charge in [-0.2, -0.15) is 0 Å². The van der Waals surface area contributed by atoms with Crippen LogP contribution in [0, 0.1) is 0 Å². The highest BCUT2D eigenvalue weighted by molar-refractivity contribution is 5.20. The molecule has 1 aliphatic carbocycles. The zero-order chi connectivity index (χ0) is 12.2. The van der Waals surface area contributed by atoms with Gasteiger partial charge in [-0.3, -0.25) is 4.98 Å². The molecule has 4 heteroatoms. The van der Waals surface area contributed by atoms with Crippen LogP contribution in [0.4, 0.5) is 0 Å². The summed E-state index contributed by atoms with van der Waals surface area (Å²) >= 11 is 0. The van der Waals surface area contributed by atoms with Crippen LogP contribution in [-0.4, -0.2) is 30.3 Å². The molecule has 0 atom stereocenters. The van der Waals surface area contributed by atoms with E-state index in [1.807, 2.05) is 18.3 Å². The summed E-state index contributed by atoms with van der Waals surface area (Å²) in [4.78, 5) is 4.43. The molecular formula is C14H20N2O2. The molecule has 1 aromatic rings. The van der Waals surface area contributed by atoms with Crippen LogP contribution in [0.25, 0.3) is 0 Å². The maximum absolute atomic E-state index is 5.89. The normalized spacial score (nSPS) is 20.9. The van der Waals surface area contributed by atoms with Crippen molar-refractivity contribution in [2.75, 3.05) is 13.2 Å². The molecule has 0 unspecified atom stereocenters. The molecule has 1 aliphatic heterocycles. The number of rotatable bonds is 5. The minimum atomic E-state index is 0.288. The Morgan fingerprint density at radius 3 is 2.72 bits per heavy atom. The Bertz CT molecular complexity index is 370. The zero-order valence-corrected chi connectivity index (χ0v) is 10.6. The van der Waals surface area contributed by atoms with Crippen LogP contribution in [0.3, 0.4) is 0 Å². The average molecular weight is 248 g/mol. The minimum absolute atomic E-state index is 0.288. The summed E-state index contributed by atoms with van der Waals surface area (Å²) in [5.74, 6) is 0.872. The Hall–Kier alpha value is -1.13. The molecule has 2 fully saturated rings. The fraction of sp³-hybridized carbons (Fsp3) is 0.643. The smallest absolute Gasteiger partial charge is 0.138 e. The molecule has 4 nitrogen and oxygen atoms in total. The Labute approximate surface area is 108 Å². The van der Waals surface area contributed by atoms with Crippen molar-refractivity contribution in [1.29, 1.82) is 0 Å². The molecule has 0 radical (unpaired) electrons. The molecule has 3 rings (SSSR count). The molecule has 1 saturated heterocycles. The summed E-state index contributed by atoms with van der Waals surface area (Å²) in [6.45, 7) is 2.48. The summed E-state index contributed by atoms with van der Waals surface area (Å²) in [5.41, 5.74) is 1.08. The van der Waals surface area contributed by atoms with Gasteiger partial charge in [-0.25, -0.2) is 0 Å². The van der Waals surface area contributed by atoms with Gasteiger partial charge in [0.15, 0.2) is 0 Å². The Morgan fingerprint density at radius 1 is 1.22 bits per heavy atom.